The highest BCUT2D eigenvalue weighted by Gasteiger charge is 2.28. The molecule has 1 amide bonds. The second-order valence-electron chi connectivity index (χ2n) is 6.50. The molecular weight excluding hydrogens is 412 g/mol. The van der Waals surface area contributed by atoms with E-state index in [4.69, 9.17) is 0 Å². The fourth-order valence-electron chi connectivity index (χ4n) is 2.66. The zero-order valence-corrected chi connectivity index (χ0v) is 17.1. The van der Waals surface area contributed by atoms with Crippen molar-refractivity contribution in [3.63, 3.8) is 0 Å². The van der Waals surface area contributed by atoms with Gasteiger partial charge in [-0.3, -0.25) is 4.79 Å². The van der Waals surface area contributed by atoms with E-state index in [9.17, 15) is 13.2 Å². The lowest BCUT2D eigenvalue weighted by Crippen LogP contribution is -2.25. The number of sulfonamides is 1. The standard InChI is InChI=1S/C18H18N6O3S2/c1-28-18-20-22-23-24(18)15-4-2-3-14(11-15)19-17(25)12-5-9-16(10-6-12)29(26,27)21-13-7-8-13/h2-6,9-11,13,21H,7-8H2,1H3,(H,19,25). The molecule has 0 saturated heterocycles. The molecule has 1 aromatic heterocycles. The molecule has 3 aromatic rings. The molecule has 0 bridgehead atoms. The Hall–Kier alpha value is -2.76. The Labute approximate surface area is 171 Å². The van der Waals surface area contributed by atoms with Crippen LogP contribution >= 0.6 is 11.8 Å². The van der Waals surface area contributed by atoms with Gasteiger partial charge in [-0.05, 0) is 72.0 Å². The quantitative estimate of drug-likeness (QED) is 0.551. The first kappa shape index (κ1) is 19.6. The van der Waals surface area contributed by atoms with E-state index in [0.29, 0.717) is 22.1 Å². The van der Waals surface area contributed by atoms with Gasteiger partial charge < -0.3 is 5.32 Å². The number of carbonyl (C=O) groups excluding carboxylic acids is 1. The molecular formula is C18H18N6O3S2. The normalized spacial score (nSPS) is 14.0. The predicted molar refractivity (Wildman–Crippen MR) is 109 cm³/mol. The summed E-state index contributed by atoms with van der Waals surface area (Å²) in [6, 6.07) is 13.0. The van der Waals surface area contributed by atoms with Crippen molar-refractivity contribution in [1.82, 2.24) is 24.9 Å². The van der Waals surface area contributed by atoms with E-state index in [1.807, 2.05) is 12.3 Å². The van der Waals surface area contributed by atoms with Gasteiger partial charge in [0.05, 0.1) is 10.6 Å². The highest BCUT2D eigenvalue weighted by atomic mass is 32.2. The Morgan fingerprint density at radius 1 is 1.17 bits per heavy atom. The number of aromatic nitrogens is 4. The number of hydrogen-bond donors (Lipinski definition) is 2. The zero-order valence-electron chi connectivity index (χ0n) is 15.4. The Bertz CT molecular complexity index is 1140. The highest BCUT2D eigenvalue weighted by Crippen LogP contribution is 2.23. The summed E-state index contributed by atoms with van der Waals surface area (Å²) in [5.74, 6) is -0.344. The summed E-state index contributed by atoms with van der Waals surface area (Å²) in [7, 11) is -3.54. The SMILES string of the molecule is CSc1nnnn1-c1cccc(NC(=O)c2ccc(S(=O)(=O)NC3CC3)cc2)c1. The molecule has 9 nitrogen and oxygen atoms in total. The average Bonchev–Trinajstić information content (AvgIpc) is 3.39. The molecule has 0 aliphatic heterocycles. The van der Waals surface area contributed by atoms with Gasteiger partial charge >= 0.3 is 0 Å². The fraction of sp³-hybridized carbons (Fsp3) is 0.222. The summed E-state index contributed by atoms with van der Waals surface area (Å²) in [6.45, 7) is 0. The Morgan fingerprint density at radius 3 is 2.62 bits per heavy atom. The molecule has 0 radical (unpaired) electrons. The van der Waals surface area contributed by atoms with Gasteiger partial charge in [0, 0.05) is 17.3 Å². The maximum absolute atomic E-state index is 12.6. The van der Waals surface area contributed by atoms with E-state index in [-0.39, 0.29) is 16.8 Å². The van der Waals surface area contributed by atoms with Crippen molar-refractivity contribution < 1.29 is 13.2 Å². The number of carbonyl (C=O) groups is 1. The minimum absolute atomic E-state index is 0.0297. The third-order valence-electron chi connectivity index (χ3n) is 4.30. The van der Waals surface area contributed by atoms with Crippen LogP contribution < -0.4 is 10.0 Å². The number of amides is 1. The summed E-state index contributed by atoms with van der Waals surface area (Å²) >= 11 is 1.41. The lowest BCUT2D eigenvalue weighted by molar-refractivity contribution is 0.102. The molecule has 1 heterocycles. The second-order valence-corrected chi connectivity index (χ2v) is 8.99. The number of hydrogen-bond acceptors (Lipinski definition) is 7. The van der Waals surface area contributed by atoms with E-state index in [2.05, 4.69) is 25.6 Å². The van der Waals surface area contributed by atoms with Crippen molar-refractivity contribution in [2.45, 2.75) is 28.9 Å². The number of tetrazole rings is 1. The van der Waals surface area contributed by atoms with Crippen LogP contribution in [-0.4, -0.2) is 46.8 Å². The van der Waals surface area contributed by atoms with Gasteiger partial charge in [-0.1, -0.05) is 17.8 Å². The number of benzene rings is 2. The summed E-state index contributed by atoms with van der Waals surface area (Å²) < 4.78 is 28.6. The number of rotatable bonds is 7. The van der Waals surface area contributed by atoms with Gasteiger partial charge in [-0.2, -0.15) is 4.68 Å². The monoisotopic (exact) mass is 430 g/mol. The maximum Gasteiger partial charge on any atom is 0.255 e. The molecule has 2 aromatic carbocycles. The summed E-state index contributed by atoms with van der Waals surface area (Å²) in [6.07, 6.45) is 3.60. The van der Waals surface area contributed by atoms with Crippen LogP contribution in [0.25, 0.3) is 5.69 Å². The van der Waals surface area contributed by atoms with Gasteiger partial charge in [0.25, 0.3) is 5.91 Å². The molecule has 1 saturated carbocycles. The molecule has 29 heavy (non-hydrogen) atoms. The first-order chi connectivity index (χ1) is 14.0. The summed E-state index contributed by atoms with van der Waals surface area (Å²) in [5.41, 5.74) is 1.64. The van der Waals surface area contributed by atoms with Crippen LogP contribution in [0.2, 0.25) is 0 Å². The number of nitrogens with one attached hydrogen (secondary N) is 2. The third-order valence-corrected chi connectivity index (χ3v) is 6.45. The van der Waals surface area contributed by atoms with Gasteiger partial charge in [0.1, 0.15) is 0 Å². The van der Waals surface area contributed by atoms with Crippen molar-refractivity contribution in [1.29, 1.82) is 0 Å². The van der Waals surface area contributed by atoms with E-state index >= 15 is 0 Å². The summed E-state index contributed by atoms with van der Waals surface area (Å²) in [5, 5.41) is 15.0. The van der Waals surface area contributed by atoms with E-state index in [0.717, 1.165) is 12.8 Å². The van der Waals surface area contributed by atoms with Crippen LogP contribution in [0.3, 0.4) is 0 Å². The molecule has 0 atom stereocenters. The van der Waals surface area contributed by atoms with Crippen LogP contribution in [-0.2, 0) is 10.0 Å². The van der Waals surface area contributed by atoms with Gasteiger partial charge in [0.2, 0.25) is 15.2 Å². The second kappa shape index (κ2) is 7.93. The largest absolute Gasteiger partial charge is 0.322 e. The van der Waals surface area contributed by atoms with Crippen molar-refractivity contribution in [3.05, 3.63) is 54.1 Å². The topological polar surface area (TPSA) is 119 Å². The van der Waals surface area contributed by atoms with Crippen LogP contribution in [0, 0.1) is 0 Å². The first-order valence-electron chi connectivity index (χ1n) is 8.83. The number of anilines is 1. The van der Waals surface area contributed by atoms with Crippen molar-refractivity contribution in [3.8, 4) is 5.69 Å². The summed E-state index contributed by atoms with van der Waals surface area (Å²) in [4.78, 5) is 12.7. The molecule has 4 rings (SSSR count). The molecule has 11 heteroatoms. The first-order valence-corrected chi connectivity index (χ1v) is 11.5. The molecule has 2 N–H and O–H groups in total. The Balaban J connectivity index is 1.49. The van der Waals surface area contributed by atoms with E-state index < -0.39 is 10.0 Å². The maximum atomic E-state index is 12.6. The average molecular weight is 431 g/mol. The smallest absolute Gasteiger partial charge is 0.255 e. The minimum Gasteiger partial charge on any atom is -0.322 e. The van der Waals surface area contributed by atoms with E-state index in [1.54, 1.807) is 22.9 Å². The molecule has 1 aliphatic rings. The highest BCUT2D eigenvalue weighted by molar-refractivity contribution is 7.98. The zero-order chi connectivity index (χ0) is 20.4. The number of thioether (sulfide) groups is 1. The Kier molecular flexibility index (Phi) is 5.35. The fourth-order valence-corrected chi connectivity index (χ4v) is 4.40. The van der Waals surface area contributed by atoms with Gasteiger partial charge in [-0.25, -0.2) is 13.1 Å². The van der Waals surface area contributed by atoms with Gasteiger partial charge in [0.15, 0.2) is 0 Å². The lowest BCUT2D eigenvalue weighted by Gasteiger charge is -2.09. The van der Waals surface area contributed by atoms with Crippen molar-refractivity contribution >= 4 is 33.4 Å². The molecule has 150 valence electrons. The van der Waals surface area contributed by atoms with Crippen LogP contribution in [0.5, 0.6) is 0 Å². The minimum atomic E-state index is -3.54. The Morgan fingerprint density at radius 2 is 1.93 bits per heavy atom. The van der Waals surface area contributed by atoms with Crippen molar-refractivity contribution in [2.75, 3.05) is 11.6 Å². The van der Waals surface area contributed by atoms with E-state index in [1.165, 1.54) is 36.0 Å². The third kappa shape index (κ3) is 4.47. The van der Waals surface area contributed by atoms with Crippen LogP contribution in [0.1, 0.15) is 23.2 Å². The van der Waals surface area contributed by atoms with Gasteiger partial charge in [-0.15, -0.1) is 5.10 Å². The molecule has 0 unspecified atom stereocenters. The molecule has 0 spiro atoms. The molecule has 1 aliphatic carbocycles. The van der Waals surface area contributed by atoms with Crippen LogP contribution in [0.15, 0.2) is 58.6 Å². The number of nitrogens with zero attached hydrogens (tertiary/aromatic N) is 4. The molecule has 1 fully saturated rings. The predicted octanol–water partition coefficient (Wildman–Crippen LogP) is 2.08. The van der Waals surface area contributed by atoms with Crippen molar-refractivity contribution in [2.24, 2.45) is 0 Å². The van der Waals surface area contributed by atoms with Crippen LogP contribution in [0.4, 0.5) is 5.69 Å². The lowest BCUT2D eigenvalue weighted by atomic mass is 10.2.